The Morgan fingerprint density at radius 3 is 2.64 bits per heavy atom. The van der Waals surface area contributed by atoms with Gasteiger partial charge in [0.2, 0.25) is 0 Å². The maximum Gasteiger partial charge on any atom is 1.00 e. The van der Waals surface area contributed by atoms with Crippen molar-refractivity contribution in [3.63, 3.8) is 0 Å². The quantitative estimate of drug-likeness (QED) is 0.418. The first-order valence-corrected chi connectivity index (χ1v) is 2.50. The van der Waals surface area contributed by atoms with Crippen LogP contribution in [0.4, 0.5) is 5.82 Å². The minimum absolute atomic E-state index is 0. The largest absolute Gasteiger partial charge is 1.00 e. The third-order valence-electron chi connectivity index (χ3n) is 0.860. The summed E-state index contributed by atoms with van der Waals surface area (Å²) in [5, 5.41) is 10.1. The predicted molar refractivity (Wildman–Crippen MR) is 30.8 cm³/mol. The number of carbonyl (C=O) groups is 1. The standard InChI is InChI=1S/C5H5N3O2.Na/c6-3-1-2-7-4(8-3)5(9)10;/h1-2H,(H,9,10)(H2,6,7,8);/q;+1/p-1. The van der Waals surface area contributed by atoms with E-state index in [0.717, 1.165) is 0 Å². The van der Waals surface area contributed by atoms with Gasteiger partial charge >= 0.3 is 29.6 Å². The number of aromatic carboxylic acids is 1. The van der Waals surface area contributed by atoms with Gasteiger partial charge in [-0.15, -0.1) is 0 Å². The van der Waals surface area contributed by atoms with Crippen LogP contribution in [0, 0.1) is 0 Å². The number of nitrogens with two attached hydrogens (primary N) is 1. The van der Waals surface area contributed by atoms with Crippen molar-refractivity contribution in [3.8, 4) is 0 Å². The molecule has 0 aliphatic heterocycles. The molecule has 0 aliphatic carbocycles. The van der Waals surface area contributed by atoms with Gasteiger partial charge in [-0.2, -0.15) is 0 Å². The Morgan fingerprint density at radius 1 is 1.64 bits per heavy atom. The van der Waals surface area contributed by atoms with E-state index in [0.29, 0.717) is 0 Å². The van der Waals surface area contributed by atoms with Crippen LogP contribution in [0.1, 0.15) is 10.6 Å². The van der Waals surface area contributed by atoms with E-state index in [1.165, 1.54) is 12.3 Å². The van der Waals surface area contributed by atoms with Crippen LogP contribution >= 0.6 is 0 Å². The predicted octanol–water partition coefficient (Wildman–Crippen LogP) is -4.57. The van der Waals surface area contributed by atoms with E-state index in [4.69, 9.17) is 5.73 Å². The van der Waals surface area contributed by atoms with Crippen LogP contribution < -0.4 is 40.4 Å². The Morgan fingerprint density at radius 2 is 2.27 bits per heavy atom. The molecule has 0 aliphatic rings. The number of anilines is 1. The molecule has 0 unspecified atom stereocenters. The Bertz CT molecular complexity index is 266. The molecule has 0 saturated carbocycles. The Labute approximate surface area is 84.9 Å². The molecule has 0 spiro atoms. The number of aromatic nitrogens is 2. The molecule has 1 rings (SSSR count). The molecule has 1 aromatic heterocycles. The van der Waals surface area contributed by atoms with Crippen molar-refractivity contribution in [1.29, 1.82) is 0 Å². The van der Waals surface area contributed by atoms with Gasteiger partial charge in [0.15, 0.2) is 5.82 Å². The third-order valence-corrected chi connectivity index (χ3v) is 0.860. The summed E-state index contributed by atoms with van der Waals surface area (Å²) in [5.41, 5.74) is 5.15. The summed E-state index contributed by atoms with van der Waals surface area (Å²) < 4.78 is 0. The molecule has 0 fully saturated rings. The molecule has 1 aromatic rings. The molecular weight excluding hydrogens is 157 g/mol. The molecular formula is C5H4N3NaO2. The van der Waals surface area contributed by atoms with Crippen LogP contribution in [0.2, 0.25) is 0 Å². The van der Waals surface area contributed by atoms with Gasteiger partial charge < -0.3 is 15.6 Å². The fraction of sp³-hybridized carbons (Fsp3) is 0. The minimum Gasteiger partial charge on any atom is -0.542 e. The topological polar surface area (TPSA) is 91.9 Å². The second-order valence-corrected chi connectivity index (χ2v) is 1.59. The zero-order valence-electron chi connectivity index (χ0n) is 5.94. The molecule has 52 valence electrons. The zero-order valence-corrected chi connectivity index (χ0v) is 7.94. The average molecular weight is 161 g/mol. The van der Waals surface area contributed by atoms with Crippen molar-refractivity contribution in [2.75, 3.05) is 5.73 Å². The van der Waals surface area contributed by atoms with E-state index < -0.39 is 5.97 Å². The Balaban J connectivity index is 0.000001000. The fourth-order valence-electron chi connectivity index (χ4n) is 0.471. The summed E-state index contributed by atoms with van der Waals surface area (Å²) in [5.74, 6) is -1.69. The summed E-state index contributed by atoms with van der Waals surface area (Å²) in [7, 11) is 0. The Kier molecular flexibility index (Phi) is 4.02. The third kappa shape index (κ3) is 2.83. The van der Waals surface area contributed by atoms with E-state index in [9.17, 15) is 9.90 Å². The minimum atomic E-state index is -1.42. The summed E-state index contributed by atoms with van der Waals surface area (Å²) in [6.07, 6.45) is 1.26. The van der Waals surface area contributed by atoms with Gasteiger partial charge in [0.25, 0.3) is 0 Å². The summed E-state index contributed by atoms with van der Waals surface area (Å²) in [6.45, 7) is 0. The molecule has 0 radical (unpaired) electrons. The van der Waals surface area contributed by atoms with Gasteiger partial charge in [0.05, 0.1) is 0 Å². The zero-order chi connectivity index (χ0) is 7.56. The molecule has 5 nitrogen and oxygen atoms in total. The molecule has 0 atom stereocenters. The second-order valence-electron chi connectivity index (χ2n) is 1.59. The van der Waals surface area contributed by atoms with Gasteiger partial charge in [-0.1, -0.05) is 0 Å². The first-order valence-electron chi connectivity index (χ1n) is 2.50. The SMILES string of the molecule is Nc1ccnc(C(=O)[O-])n1.[Na+]. The van der Waals surface area contributed by atoms with Gasteiger partial charge in [-0.3, -0.25) is 0 Å². The monoisotopic (exact) mass is 161 g/mol. The number of carboxylic acid groups (broad SMARTS) is 1. The number of hydrogen-bond acceptors (Lipinski definition) is 5. The van der Waals surface area contributed by atoms with Crippen molar-refractivity contribution in [2.45, 2.75) is 0 Å². The maximum atomic E-state index is 10.1. The Hall–Kier alpha value is -0.650. The van der Waals surface area contributed by atoms with Crippen LogP contribution in [0.3, 0.4) is 0 Å². The van der Waals surface area contributed by atoms with Gasteiger partial charge in [-0.05, 0) is 6.07 Å². The molecule has 0 bridgehead atoms. The number of hydrogen-bond donors (Lipinski definition) is 1. The fourth-order valence-corrected chi connectivity index (χ4v) is 0.471. The van der Waals surface area contributed by atoms with Crippen molar-refractivity contribution >= 4 is 11.8 Å². The maximum absolute atomic E-state index is 10.1. The van der Waals surface area contributed by atoms with Gasteiger partial charge in [0, 0.05) is 6.20 Å². The first-order chi connectivity index (χ1) is 4.70. The normalized spacial score (nSPS) is 8.36. The summed E-state index contributed by atoms with van der Waals surface area (Å²) >= 11 is 0. The van der Waals surface area contributed by atoms with Crippen molar-refractivity contribution in [3.05, 3.63) is 18.1 Å². The molecule has 2 N–H and O–H groups in total. The van der Waals surface area contributed by atoms with E-state index in [1.54, 1.807) is 0 Å². The smallest absolute Gasteiger partial charge is 0.542 e. The van der Waals surface area contributed by atoms with E-state index >= 15 is 0 Å². The van der Waals surface area contributed by atoms with Gasteiger partial charge in [0.1, 0.15) is 11.8 Å². The molecule has 6 heteroatoms. The number of carbonyl (C=O) groups excluding carboxylic acids is 1. The molecule has 0 aromatic carbocycles. The van der Waals surface area contributed by atoms with E-state index in [-0.39, 0.29) is 41.2 Å². The number of nitrogens with zero attached hydrogens (tertiary/aromatic N) is 2. The van der Waals surface area contributed by atoms with Crippen molar-refractivity contribution in [1.82, 2.24) is 9.97 Å². The molecule has 11 heavy (non-hydrogen) atoms. The van der Waals surface area contributed by atoms with Crippen LogP contribution in [-0.2, 0) is 0 Å². The van der Waals surface area contributed by atoms with Crippen molar-refractivity contribution < 1.29 is 39.5 Å². The van der Waals surface area contributed by atoms with Crippen molar-refractivity contribution in [2.24, 2.45) is 0 Å². The van der Waals surface area contributed by atoms with Crippen LogP contribution in [-0.4, -0.2) is 15.9 Å². The molecule has 0 saturated heterocycles. The molecule has 1 heterocycles. The average Bonchev–Trinajstić information content (AvgIpc) is 1.88. The number of carboxylic acids is 1. The van der Waals surface area contributed by atoms with Gasteiger partial charge in [-0.25, -0.2) is 9.97 Å². The van der Waals surface area contributed by atoms with E-state index in [1.807, 2.05) is 0 Å². The summed E-state index contributed by atoms with van der Waals surface area (Å²) in [6, 6.07) is 1.40. The second kappa shape index (κ2) is 4.27. The summed E-state index contributed by atoms with van der Waals surface area (Å²) in [4.78, 5) is 16.8. The first kappa shape index (κ1) is 10.3. The van der Waals surface area contributed by atoms with E-state index in [2.05, 4.69) is 9.97 Å². The number of nitrogen functional groups attached to an aromatic ring is 1. The van der Waals surface area contributed by atoms with Crippen LogP contribution in [0.5, 0.6) is 0 Å². The molecule has 0 amide bonds. The van der Waals surface area contributed by atoms with Crippen LogP contribution in [0.25, 0.3) is 0 Å². The van der Waals surface area contributed by atoms with Crippen LogP contribution in [0.15, 0.2) is 12.3 Å². The number of rotatable bonds is 1.